The van der Waals surface area contributed by atoms with E-state index < -0.39 is 0 Å². The van der Waals surface area contributed by atoms with Crippen molar-refractivity contribution in [3.05, 3.63) is 64.6 Å². The largest absolute Gasteiger partial charge is 0.465 e. The second-order valence-electron chi connectivity index (χ2n) is 5.92. The summed E-state index contributed by atoms with van der Waals surface area (Å²) in [5.74, 6) is 1.05. The van der Waals surface area contributed by atoms with Gasteiger partial charge in [0.2, 0.25) is 0 Å². The van der Waals surface area contributed by atoms with Gasteiger partial charge in [0.15, 0.2) is 0 Å². The quantitative estimate of drug-likeness (QED) is 0.494. The van der Waals surface area contributed by atoms with Crippen molar-refractivity contribution >= 4 is 11.5 Å². The SMILES string of the molecule is CCCC/C=C(\c1ccc(C)cc1)c1cc(C(=O)OC)c(CC)o1. The van der Waals surface area contributed by atoms with Gasteiger partial charge in [-0.25, -0.2) is 4.79 Å². The van der Waals surface area contributed by atoms with E-state index in [1.165, 1.54) is 12.7 Å². The fourth-order valence-electron chi connectivity index (χ4n) is 2.65. The Labute approximate surface area is 144 Å². The number of furan rings is 1. The first kappa shape index (κ1) is 18.1. The number of carbonyl (C=O) groups excluding carboxylic acids is 1. The van der Waals surface area contributed by atoms with Crippen molar-refractivity contribution in [2.45, 2.75) is 46.5 Å². The Bertz CT molecular complexity index is 705. The van der Waals surface area contributed by atoms with Crippen LogP contribution in [0.4, 0.5) is 0 Å². The fourth-order valence-corrected chi connectivity index (χ4v) is 2.65. The minimum Gasteiger partial charge on any atom is -0.465 e. The molecule has 0 N–H and O–H groups in total. The Morgan fingerprint density at radius 1 is 1.21 bits per heavy atom. The number of allylic oxidation sites excluding steroid dienone is 1. The Balaban J connectivity index is 2.47. The third kappa shape index (κ3) is 4.16. The normalized spacial score (nSPS) is 11.6. The molecule has 3 nitrogen and oxygen atoms in total. The summed E-state index contributed by atoms with van der Waals surface area (Å²) in [6, 6.07) is 10.2. The van der Waals surface area contributed by atoms with E-state index in [0.29, 0.717) is 17.7 Å². The van der Waals surface area contributed by atoms with E-state index >= 15 is 0 Å². The molecular weight excluding hydrogens is 300 g/mol. The van der Waals surface area contributed by atoms with E-state index in [4.69, 9.17) is 9.15 Å². The molecule has 128 valence electrons. The number of unbranched alkanes of at least 4 members (excludes halogenated alkanes) is 2. The summed E-state index contributed by atoms with van der Waals surface area (Å²) in [7, 11) is 1.40. The molecule has 2 rings (SSSR count). The van der Waals surface area contributed by atoms with Crippen LogP contribution < -0.4 is 0 Å². The van der Waals surface area contributed by atoms with E-state index in [9.17, 15) is 4.79 Å². The molecule has 1 heterocycles. The highest BCUT2D eigenvalue weighted by atomic mass is 16.5. The van der Waals surface area contributed by atoms with Crippen LogP contribution in [-0.2, 0) is 11.2 Å². The highest BCUT2D eigenvalue weighted by Gasteiger charge is 2.19. The Morgan fingerprint density at radius 3 is 2.50 bits per heavy atom. The molecule has 0 amide bonds. The minimum atomic E-state index is -0.348. The Morgan fingerprint density at radius 2 is 1.92 bits per heavy atom. The number of hydrogen-bond donors (Lipinski definition) is 0. The van der Waals surface area contributed by atoms with Crippen LogP contribution >= 0.6 is 0 Å². The first-order chi connectivity index (χ1) is 11.6. The van der Waals surface area contributed by atoms with Crippen LogP contribution in [-0.4, -0.2) is 13.1 Å². The van der Waals surface area contributed by atoms with Crippen molar-refractivity contribution in [1.29, 1.82) is 0 Å². The van der Waals surface area contributed by atoms with Gasteiger partial charge in [-0.1, -0.05) is 62.6 Å². The third-order valence-electron chi connectivity index (χ3n) is 4.07. The van der Waals surface area contributed by atoms with E-state index in [2.05, 4.69) is 44.2 Å². The molecule has 0 spiro atoms. The van der Waals surface area contributed by atoms with Gasteiger partial charge >= 0.3 is 5.97 Å². The Hall–Kier alpha value is -2.29. The van der Waals surface area contributed by atoms with Gasteiger partial charge in [-0.05, 0) is 25.0 Å². The van der Waals surface area contributed by atoms with Gasteiger partial charge in [0, 0.05) is 12.0 Å². The van der Waals surface area contributed by atoms with E-state index in [1.807, 2.05) is 13.0 Å². The molecule has 0 bridgehead atoms. The zero-order chi connectivity index (χ0) is 17.5. The molecule has 3 heteroatoms. The van der Waals surface area contributed by atoms with Gasteiger partial charge in [-0.15, -0.1) is 0 Å². The molecule has 0 atom stereocenters. The number of rotatable bonds is 7. The van der Waals surface area contributed by atoms with E-state index in [0.717, 1.165) is 36.2 Å². The Kier molecular flexibility index (Phi) is 6.42. The van der Waals surface area contributed by atoms with E-state index in [-0.39, 0.29) is 5.97 Å². The monoisotopic (exact) mass is 326 g/mol. The lowest BCUT2D eigenvalue weighted by Crippen LogP contribution is -2.02. The first-order valence-electron chi connectivity index (χ1n) is 8.59. The van der Waals surface area contributed by atoms with Crippen molar-refractivity contribution < 1.29 is 13.9 Å². The lowest BCUT2D eigenvalue weighted by molar-refractivity contribution is 0.0598. The summed E-state index contributed by atoms with van der Waals surface area (Å²) in [4.78, 5) is 12.0. The topological polar surface area (TPSA) is 39.4 Å². The van der Waals surface area contributed by atoms with Gasteiger partial charge in [-0.2, -0.15) is 0 Å². The highest BCUT2D eigenvalue weighted by Crippen LogP contribution is 2.29. The molecule has 0 fully saturated rings. The molecule has 0 saturated heterocycles. The molecule has 2 aromatic rings. The molecule has 0 aliphatic rings. The van der Waals surface area contributed by atoms with E-state index in [1.54, 1.807) is 0 Å². The summed E-state index contributed by atoms with van der Waals surface area (Å²) >= 11 is 0. The molecule has 0 saturated carbocycles. The average Bonchev–Trinajstić information content (AvgIpc) is 3.03. The van der Waals surface area contributed by atoms with Crippen LogP contribution in [0.2, 0.25) is 0 Å². The first-order valence-corrected chi connectivity index (χ1v) is 8.59. The van der Waals surface area contributed by atoms with Crippen molar-refractivity contribution in [2.75, 3.05) is 7.11 Å². The minimum absolute atomic E-state index is 0.348. The summed E-state index contributed by atoms with van der Waals surface area (Å²) in [5, 5.41) is 0. The number of carbonyl (C=O) groups is 1. The standard InChI is InChI=1S/C21H26O3/c1-5-7-8-9-17(16-12-10-15(3)11-13-16)20-14-18(21(22)23-4)19(6-2)24-20/h9-14H,5-8H2,1-4H3/b17-9+. The third-order valence-corrected chi connectivity index (χ3v) is 4.07. The van der Waals surface area contributed by atoms with Crippen LogP contribution in [0.5, 0.6) is 0 Å². The molecule has 0 radical (unpaired) electrons. The van der Waals surface area contributed by atoms with Crippen LogP contribution in [0.15, 0.2) is 40.8 Å². The zero-order valence-corrected chi connectivity index (χ0v) is 15.0. The number of hydrogen-bond acceptors (Lipinski definition) is 3. The van der Waals surface area contributed by atoms with Crippen LogP contribution in [0.3, 0.4) is 0 Å². The summed E-state index contributed by atoms with van der Waals surface area (Å²) in [6.45, 7) is 6.22. The summed E-state index contributed by atoms with van der Waals surface area (Å²) in [6.07, 6.45) is 6.10. The van der Waals surface area contributed by atoms with Crippen LogP contribution in [0, 0.1) is 6.92 Å². The summed E-state index contributed by atoms with van der Waals surface area (Å²) < 4.78 is 10.9. The molecule has 0 aliphatic heterocycles. The zero-order valence-electron chi connectivity index (χ0n) is 15.0. The van der Waals surface area contributed by atoms with Gasteiger partial charge in [0.25, 0.3) is 0 Å². The number of benzene rings is 1. The van der Waals surface area contributed by atoms with Gasteiger partial charge in [-0.3, -0.25) is 0 Å². The van der Waals surface area contributed by atoms with Crippen molar-refractivity contribution in [3.63, 3.8) is 0 Å². The highest BCUT2D eigenvalue weighted by molar-refractivity contribution is 5.92. The molecule has 24 heavy (non-hydrogen) atoms. The molecule has 0 unspecified atom stereocenters. The molecule has 0 aliphatic carbocycles. The van der Waals surface area contributed by atoms with Crippen LogP contribution in [0.1, 0.15) is 66.1 Å². The maximum absolute atomic E-state index is 12.0. The fraction of sp³-hybridized carbons (Fsp3) is 0.381. The van der Waals surface area contributed by atoms with Gasteiger partial charge < -0.3 is 9.15 Å². The maximum atomic E-state index is 12.0. The number of methoxy groups -OCH3 is 1. The van der Waals surface area contributed by atoms with Crippen molar-refractivity contribution in [1.82, 2.24) is 0 Å². The van der Waals surface area contributed by atoms with Crippen molar-refractivity contribution in [2.24, 2.45) is 0 Å². The molecule has 1 aromatic heterocycles. The second kappa shape index (κ2) is 8.53. The van der Waals surface area contributed by atoms with Gasteiger partial charge in [0.1, 0.15) is 17.1 Å². The van der Waals surface area contributed by atoms with Crippen molar-refractivity contribution in [3.8, 4) is 0 Å². The molecule has 1 aromatic carbocycles. The number of ether oxygens (including phenoxy) is 1. The summed E-state index contributed by atoms with van der Waals surface area (Å²) in [5.41, 5.74) is 3.87. The van der Waals surface area contributed by atoms with Crippen LogP contribution in [0.25, 0.3) is 5.57 Å². The number of esters is 1. The lowest BCUT2D eigenvalue weighted by atomic mass is 10.00. The predicted octanol–water partition coefficient (Wildman–Crippen LogP) is 5.56. The second-order valence-corrected chi connectivity index (χ2v) is 5.92. The maximum Gasteiger partial charge on any atom is 0.341 e. The number of aryl methyl sites for hydroxylation is 2. The predicted molar refractivity (Wildman–Crippen MR) is 97.2 cm³/mol. The molecular formula is C21H26O3. The van der Waals surface area contributed by atoms with Gasteiger partial charge in [0.05, 0.1) is 7.11 Å². The smallest absolute Gasteiger partial charge is 0.341 e. The lowest BCUT2D eigenvalue weighted by Gasteiger charge is -2.06. The average molecular weight is 326 g/mol.